The van der Waals surface area contributed by atoms with Crippen molar-refractivity contribution in [3.8, 4) is 0 Å². The summed E-state index contributed by atoms with van der Waals surface area (Å²) in [4.78, 5) is 22.4. The van der Waals surface area contributed by atoms with Crippen LogP contribution in [0.4, 0.5) is 0 Å². The zero-order chi connectivity index (χ0) is 13.3. The molecule has 5 heteroatoms. The number of amides is 1. The van der Waals surface area contributed by atoms with Crippen molar-refractivity contribution in [2.75, 3.05) is 13.1 Å². The number of piperidine rings is 1. The lowest BCUT2D eigenvalue weighted by molar-refractivity contribution is 0.0527. The van der Waals surface area contributed by atoms with Crippen LogP contribution in [0.25, 0.3) is 0 Å². The molecule has 2 heterocycles. The van der Waals surface area contributed by atoms with Gasteiger partial charge in [0.2, 0.25) is 0 Å². The highest BCUT2D eigenvalue weighted by atomic mass is 16.2. The molecular formula is C13H20N4O. The van der Waals surface area contributed by atoms with Gasteiger partial charge in [0.25, 0.3) is 5.91 Å². The van der Waals surface area contributed by atoms with E-state index in [1.54, 1.807) is 12.4 Å². The van der Waals surface area contributed by atoms with E-state index in [0.29, 0.717) is 18.8 Å². The average Bonchev–Trinajstić information content (AvgIpc) is 2.33. The van der Waals surface area contributed by atoms with Crippen LogP contribution in [-0.4, -0.2) is 39.9 Å². The van der Waals surface area contributed by atoms with Gasteiger partial charge >= 0.3 is 0 Å². The predicted octanol–water partition coefficient (Wildman–Crippen LogP) is 0.984. The maximum atomic E-state index is 12.3. The molecule has 0 aromatic carbocycles. The summed E-state index contributed by atoms with van der Waals surface area (Å²) >= 11 is 0. The summed E-state index contributed by atoms with van der Waals surface area (Å²) in [6, 6.07) is 0.144. The molecule has 1 saturated heterocycles. The first kappa shape index (κ1) is 13.0. The highest BCUT2D eigenvalue weighted by molar-refractivity contribution is 5.92. The Morgan fingerprint density at radius 2 is 2.17 bits per heavy atom. The minimum absolute atomic E-state index is 0.0496. The summed E-state index contributed by atoms with van der Waals surface area (Å²) in [6.07, 6.45) is 3.99. The van der Waals surface area contributed by atoms with E-state index in [0.717, 1.165) is 12.1 Å². The van der Waals surface area contributed by atoms with Crippen molar-refractivity contribution in [3.05, 3.63) is 23.8 Å². The minimum atomic E-state index is -0.0533. The zero-order valence-electron chi connectivity index (χ0n) is 11.2. The van der Waals surface area contributed by atoms with E-state index in [2.05, 4.69) is 23.8 Å². The molecule has 1 aromatic rings. The number of aryl methyl sites for hydroxylation is 1. The van der Waals surface area contributed by atoms with Gasteiger partial charge in [-0.1, -0.05) is 13.8 Å². The number of aromatic nitrogens is 2. The summed E-state index contributed by atoms with van der Waals surface area (Å²) < 4.78 is 0. The number of carbonyl (C=O) groups is 1. The molecule has 5 nitrogen and oxygen atoms in total. The first-order chi connectivity index (χ1) is 8.40. The van der Waals surface area contributed by atoms with Gasteiger partial charge in [0.15, 0.2) is 0 Å². The second-order valence-corrected chi connectivity index (χ2v) is 5.65. The Hall–Kier alpha value is -1.49. The summed E-state index contributed by atoms with van der Waals surface area (Å²) in [6.45, 7) is 7.40. The smallest absolute Gasteiger partial charge is 0.274 e. The van der Waals surface area contributed by atoms with E-state index >= 15 is 0 Å². The van der Waals surface area contributed by atoms with E-state index < -0.39 is 0 Å². The van der Waals surface area contributed by atoms with Gasteiger partial charge < -0.3 is 10.6 Å². The molecule has 0 aliphatic carbocycles. The van der Waals surface area contributed by atoms with Gasteiger partial charge in [-0.15, -0.1) is 0 Å². The molecule has 1 unspecified atom stereocenters. The fourth-order valence-electron chi connectivity index (χ4n) is 2.21. The zero-order valence-corrected chi connectivity index (χ0v) is 11.2. The summed E-state index contributed by atoms with van der Waals surface area (Å²) in [5.41, 5.74) is 7.24. The number of nitrogens with two attached hydrogens (primary N) is 1. The van der Waals surface area contributed by atoms with Crippen LogP contribution in [0.15, 0.2) is 12.4 Å². The van der Waals surface area contributed by atoms with E-state index in [4.69, 9.17) is 5.73 Å². The summed E-state index contributed by atoms with van der Waals surface area (Å²) in [5.74, 6) is -0.0533. The third-order valence-corrected chi connectivity index (χ3v) is 3.60. The van der Waals surface area contributed by atoms with Gasteiger partial charge in [-0.25, -0.2) is 4.98 Å². The van der Waals surface area contributed by atoms with Crippen molar-refractivity contribution in [2.45, 2.75) is 33.2 Å². The van der Waals surface area contributed by atoms with E-state index in [-0.39, 0.29) is 17.4 Å². The first-order valence-corrected chi connectivity index (χ1v) is 6.23. The minimum Gasteiger partial charge on any atom is -0.337 e. The molecule has 18 heavy (non-hydrogen) atoms. The van der Waals surface area contributed by atoms with Gasteiger partial charge in [0.05, 0.1) is 11.9 Å². The lowest BCUT2D eigenvalue weighted by Gasteiger charge is -2.42. The molecule has 1 aliphatic rings. The van der Waals surface area contributed by atoms with Crippen LogP contribution < -0.4 is 5.73 Å². The van der Waals surface area contributed by atoms with Gasteiger partial charge in [-0.2, -0.15) is 0 Å². The van der Waals surface area contributed by atoms with Crippen LogP contribution in [-0.2, 0) is 0 Å². The number of likely N-dealkylation sites (tertiary alicyclic amines) is 1. The predicted molar refractivity (Wildman–Crippen MR) is 69.0 cm³/mol. The Morgan fingerprint density at radius 1 is 1.44 bits per heavy atom. The summed E-state index contributed by atoms with van der Waals surface area (Å²) in [7, 11) is 0. The molecule has 0 radical (unpaired) electrons. The molecular weight excluding hydrogens is 228 g/mol. The van der Waals surface area contributed by atoms with Crippen molar-refractivity contribution in [2.24, 2.45) is 11.1 Å². The van der Waals surface area contributed by atoms with Crippen molar-refractivity contribution >= 4 is 5.91 Å². The van der Waals surface area contributed by atoms with Crippen LogP contribution in [0.1, 0.15) is 36.5 Å². The number of hydrogen-bond acceptors (Lipinski definition) is 4. The van der Waals surface area contributed by atoms with Crippen LogP contribution in [0, 0.1) is 12.3 Å². The topological polar surface area (TPSA) is 72.1 Å². The molecule has 1 fully saturated rings. The third kappa shape index (κ3) is 2.51. The lowest BCUT2D eigenvalue weighted by atomic mass is 9.79. The van der Waals surface area contributed by atoms with E-state index in [1.807, 2.05) is 11.8 Å². The molecule has 1 atom stereocenters. The summed E-state index contributed by atoms with van der Waals surface area (Å²) in [5, 5.41) is 0. The van der Waals surface area contributed by atoms with E-state index in [9.17, 15) is 4.79 Å². The molecule has 1 aliphatic heterocycles. The monoisotopic (exact) mass is 248 g/mol. The fraction of sp³-hybridized carbons (Fsp3) is 0.615. The van der Waals surface area contributed by atoms with Crippen molar-refractivity contribution in [3.63, 3.8) is 0 Å². The molecule has 0 saturated carbocycles. The first-order valence-electron chi connectivity index (χ1n) is 6.23. The van der Waals surface area contributed by atoms with E-state index in [1.165, 1.54) is 0 Å². The average molecular weight is 248 g/mol. The molecule has 1 amide bonds. The van der Waals surface area contributed by atoms with Gasteiger partial charge in [0.1, 0.15) is 5.69 Å². The highest BCUT2D eigenvalue weighted by Crippen LogP contribution is 2.28. The number of rotatable bonds is 1. The maximum Gasteiger partial charge on any atom is 0.274 e. The normalized spacial score (nSPS) is 22.9. The number of carbonyl (C=O) groups excluding carboxylic acids is 1. The van der Waals surface area contributed by atoms with Crippen LogP contribution in [0.2, 0.25) is 0 Å². The van der Waals surface area contributed by atoms with Gasteiger partial charge in [-0.05, 0) is 18.8 Å². The molecule has 2 rings (SSSR count). The largest absolute Gasteiger partial charge is 0.337 e. The van der Waals surface area contributed by atoms with Gasteiger partial charge in [0, 0.05) is 25.3 Å². The Bertz CT molecular complexity index is 441. The second kappa shape index (κ2) is 4.65. The fourth-order valence-corrected chi connectivity index (χ4v) is 2.21. The van der Waals surface area contributed by atoms with Crippen LogP contribution >= 0.6 is 0 Å². The Kier molecular flexibility index (Phi) is 3.34. The quantitative estimate of drug-likeness (QED) is 0.804. The number of nitrogens with zero attached hydrogens (tertiary/aromatic N) is 3. The molecule has 2 N–H and O–H groups in total. The molecule has 0 bridgehead atoms. The lowest BCUT2D eigenvalue weighted by Crippen LogP contribution is -2.54. The SMILES string of the molecule is Cc1cnc(C(=O)N2CCC(N)C(C)(C)C2)cn1. The van der Waals surface area contributed by atoms with Crippen molar-refractivity contribution < 1.29 is 4.79 Å². The van der Waals surface area contributed by atoms with Crippen LogP contribution in [0.3, 0.4) is 0 Å². The highest BCUT2D eigenvalue weighted by Gasteiger charge is 2.35. The Morgan fingerprint density at radius 3 is 2.72 bits per heavy atom. The Balaban J connectivity index is 2.13. The number of hydrogen-bond donors (Lipinski definition) is 1. The maximum absolute atomic E-state index is 12.3. The van der Waals surface area contributed by atoms with Gasteiger partial charge in [-0.3, -0.25) is 9.78 Å². The standard InChI is InChI=1S/C13H20N4O/c1-9-6-16-10(7-15-9)12(18)17-5-4-11(14)13(2,3)8-17/h6-7,11H,4-5,8,14H2,1-3H3. The third-order valence-electron chi connectivity index (χ3n) is 3.60. The van der Waals surface area contributed by atoms with Crippen molar-refractivity contribution in [1.29, 1.82) is 0 Å². The molecule has 0 spiro atoms. The van der Waals surface area contributed by atoms with Crippen LogP contribution in [0.5, 0.6) is 0 Å². The molecule has 98 valence electrons. The Labute approximate surface area is 107 Å². The second-order valence-electron chi connectivity index (χ2n) is 5.65. The van der Waals surface area contributed by atoms with Crippen molar-refractivity contribution in [1.82, 2.24) is 14.9 Å². The molecule has 1 aromatic heterocycles.